The molecule has 7 heteroatoms. The zero-order chi connectivity index (χ0) is 17.2. The van der Waals surface area contributed by atoms with Gasteiger partial charge in [0.25, 0.3) is 5.91 Å². The molecule has 2 aromatic rings. The normalized spacial score (nSPS) is 22.6. The van der Waals surface area contributed by atoms with E-state index in [2.05, 4.69) is 15.3 Å². The van der Waals surface area contributed by atoms with Crippen molar-refractivity contribution in [2.75, 3.05) is 5.32 Å². The predicted octanol–water partition coefficient (Wildman–Crippen LogP) is 3.19. The van der Waals surface area contributed by atoms with E-state index in [9.17, 15) is 9.59 Å². The first kappa shape index (κ1) is 16.0. The molecule has 1 aliphatic carbocycles. The molecule has 4 rings (SSSR count). The minimum absolute atomic E-state index is 0.0755. The molecular formula is C18H17N3O3S. The summed E-state index contributed by atoms with van der Waals surface area (Å²) in [6.45, 7) is 0. The van der Waals surface area contributed by atoms with Crippen LogP contribution in [0.4, 0.5) is 5.13 Å². The number of nitrogens with zero attached hydrogens (tertiary/aromatic N) is 2. The molecule has 1 aliphatic heterocycles. The van der Waals surface area contributed by atoms with Crippen molar-refractivity contribution in [3.63, 3.8) is 0 Å². The van der Waals surface area contributed by atoms with E-state index in [0.29, 0.717) is 10.8 Å². The first-order chi connectivity index (χ1) is 12.2. The molecule has 0 aromatic carbocycles. The number of amides is 1. The standard InChI is InChI=1S/C18H17N3O3S/c22-16-11-5-1-2-7-15(11)24-9-12(16)17(23)21-18-20-14(10-25-18)13-6-3-4-8-19-13/h3-4,6,8-11,15H,1-2,5,7H2,(H,20,21,23). The summed E-state index contributed by atoms with van der Waals surface area (Å²) in [7, 11) is 0. The van der Waals surface area contributed by atoms with Gasteiger partial charge in [0.1, 0.15) is 17.4 Å². The Morgan fingerprint density at radius 3 is 2.96 bits per heavy atom. The number of carbonyl (C=O) groups excluding carboxylic acids is 2. The van der Waals surface area contributed by atoms with Gasteiger partial charge in [-0.25, -0.2) is 4.98 Å². The number of thiazole rings is 1. The third-order valence-corrected chi connectivity index (χ3v) is 5.32. The first-order valence-corrected chi connectivity index (χ1v) is 9.18. The molecule has 1 saturated carbocycles. The third kappa shape index (κ3) is 3.19. The van der Waals surface area contributed by atoms with Gasteiger partial charge < -0.3 is 4.74 Å². The zero-order valence-corrected chi connectivity index (χ0v) is 14.3. The lowest BCUT2D eigenvalue weighted by molar-refractivity contribution is -0.129. The average molecular weight is 355 g/mol. The maximum absolute atomic E-state index is 12.6. The molecule has 128 valence electrons. The summed E-state index contributed by atoms with van der Waals surface area (Å²) in [5, 5.41) is 4.96. The molecule has 1 fully saturated rings. The fourth-order valence-corrected chi connectivity index (χ4v) is 3.97. The number of fused-ring (bicyclic) bond motifs is 1. The van der Waals surface area contributed by atoms with E-state index >= 15 is 0 Å². The Kier molecular flexibility index (Phi) is 4.31. The summed E-state index contributed by atoms with van der Waals surface area (Å²) in [5.41, 5.74) is 1.51. The number of ketones is 1. The van der Waals surface area contributed by atoms with E-state index in [4.69, 9.17) is 4.74 Å². The molecule has 2 unspecified atom stereocenters. The Morgan fingerprint density at radius 1 is 1.24 bits per heavy atom. The number of carbonyl (C=O) groups is 2. The molecule has 2 aliphatic rings. The highest BCUT2D eigenvalue weighted by Crippen LogP contribution is 2.33. The smallest absolute Gasteiger partial charge is 0.264 e. The van der Waals surface area contributed by atoms with Crippen LogP contribution in [0.25, 0.3) is 11.4 Å². The molecule has 0 bridgehead atoms. The van der Waals surface area contributed by atoms with Crippen LogP contribution in [0.2, 0.25) is 0 Å². The topological polar surface area (TPSA) is 81.2 Å². The highest BCUT2D eigenvalue weighted by Gasteiger charge is 2.39. The van der Waals surface area contributed by atoms with E-state index < -0.39 is 5.91 Å². The molecule has 2 aromatic heterocycles. The average Bonchev–Trinajstić information content (AvgIpc) is 3.11. The molecule has 0 saturated heterocycles. The van der Waals surface area contributed by atoms with Crippen LogP contribution in [-0.4, -0.2) is 27.8 Å². The summed E-state index contributed by atoms with van der Waals surface area (Å²) in [6.07, 6.45) is 6.67. The van der Waals surface area contributed by atoms with E-state index in [-0.39, 0.29) is 23.4 Å². The lowest BCUT2D eigenvalue weighted by Gasteiger charge is -2.33. The fraction of sp³-hybridized carbons (Fsp3) is 0.333. The van der Waals surface area contributed by atoms with Crippen LogP contribution in [0.1, 0.15) is 25.7 Å². The number of ether oxygens (including phenoxy) is 1. The maximum Gasteiger partial charge on any atom is 0.264 e. The maximum atomic E-state index is 12.6. The van der Waals surface area contributed by atoms with Gasteiger partial charge >= 0.3 is 0 Å². The Bertz CT molecular complexity index is 831. The van der Waals surface area contributed by atoms with Crippen molar-refractivity contribution >= 4 is 28.2 Å². The summed E-state index contributed by atoms with van der Waals surface area (Å²) in [5.74, 6) is -0.772. The summed E-state index contributed by atoms with van der Waals surface area (Å²) >= 11 is 1.30. The van der Waals surface area contributed by atoms with Crippen molar-refractivity contribution in [2.24, 2.45) is 5.92 Å². The van der Waals surface area contributed by atoms with Gasteiger partial charge in [-0.05, 0) is 31.4 Å². The Morgan fingerprint density at radius 2 is 2.12 bits per heavy atom. The molecule has 0 radical (unpaired) electrons. The Balaban J connectivity index is 1.48. The van der Waals surface area contributed by atoms with Gasteiger partial charge in [-0.1, -0.05) is 12.5 Å². The highest BCUT2D eigenvalue weighted by molar-refractivity contribution is 7.14. The second-order valence-corrected chi connectivity index (χ2v) is 7.03. The molecule has 3 heterocycles. The second kappa shape index (κ2) is 6.76. The van der Waals surface area contributed by atoms with Crippen LogP contribution in [0.5, 0.6) is 0 Å². The van der Waals surface area contributed by atoms with Crippen molar-refractivity contribution in [1.29, 1.82) is 0 Å². The SMILES string of the molecule is O=C(Nc1nc(-c2ccccn2)cs1)C1=COC2CCCCC2C1=O. The van der Waals surface area contributed by atoms with Crippen molar-refractivity contribution < 1.29 is 14.3 Å². The van der Waals surface area contributed by atoms with Crippen molar-refractivity contribution in [2.45, 2.75) is 31.8 Å². The van der Waals surface area contributed by atoms with Gasteiger partial charge in [0, 0.05) is 11.6 Å². The number of pyridine rings is 1. The molecule has 6 nitrogen and oxygen atoms in total. The Hall–Kier alpha value is -2.54. The zero-order valence-electron chi connectivity index (χ0n) is 13.5. The summed E-state index contributed by atoms with van der Waals surface area (Å²) in [4.78, 5) is 33.7. The van der Waals surface area contributed by atoms with Crippen LogP contribution < -0.4 is 5.32 Å². The second-order valence-electron chi connectivity index (χ2n) is 6.17. The van der Waals surface area contributed by atoms with Crippen LogP contribution in [-0.2, 0) is 14.3 Å². The lowest BCUT2D eigenvalue weighted by Crippen LogP contribution is -2.39. The summed E-state index contributed by atoms with van der Waals surface area (Å²) < 4.78 is 5.63. The van der Waals surface area contributed by atoms with Crippen LogP contribution >= 0.6 is 11.3 Å². The van der Waals surface area contributed by atoms with Crippen LogP contribution in [0.3, 0.4) is 0 Å². The van der Waals surface area contributed by atoms with E-state index in [1.54, 1.807) is 6.20 Å². The van der Waals surface area contributed by atoms with Crippen LogP contribution in [0.15, 0.2) is 41.6 Å². The molecule has 1 amide bonds. The number of Topliss-reactive ketones (excluding diaryl/α,β-unsaturated/α-hetero) is 1. The predicted molar refractivity (Wildman–Crippen MR) is 93.9 cm³/mol. The van der Waals surface area contributed by atoms with Crippen LogP contribution in [0, 0.1) is 5.92 Å². The van der Waals surface area contributed by atoms with Crippen molar-refractivity contribution in [3.05, 3.63) is 41.6 Å². The number of aromatic nitrogens is 2. The van der Waals surface area contributed by atoms with Gasteiger partial charge in [-0.15, -0.1) is 11.3 Å². The monoisotopic (exact) mass is 355 g/mol. The minimum atomic E-state index is -0.462. The Labute approximate surface area is 149 Å². The molecular weight excluding hydrogens is 338 g/mol. The lowest BCUT2D eigenvalue weighted by atomic mass is 9.80. The van der Waals surface area contributed by atoms with E-state index in [1.807, 2.05) is 23.6 Å². The van der Waals surface area contributed by atoms with Gasteiger partial charge in [-0.3, -0.25) is 19.9 Å². The quantitative estimate of drug-likeness (QED) is 0.855. The van der Waals surface area contributed by atoms with Gasteiger partial charge in [0.15, 0.2) is 10.9 Å². The third-order valence-electron chi connectivity index (χ3n) is 4.56. The van der Waals surface area contributed by atoms with Gasteiger partial charge in [0.2, 0.25) is 0 Å². The minimum Gasteiger partial charge on any atom is -0.496 e. The van der Waals surface area contributed by atoms with Gasteiger partial charge in [-0.2, -0.15) is 0 Å². The molecule has 25 heavy (non-hydrogen) atoms. The number of hydrogen-bond acceptors (Lipinski definition) is 6. The highest BCUT2D eigenvalue weighted by atomic mass is 32.1. The largest absolute Gasteiger partial charge is 0.496 e. The van der Waals surface area contributed by atoms with E-state index in [1.165, 1.54) is 17.6 Å². The molecule has 2 atom stereocenters. The van der Waals surface area contributed by atoms with Gasteiger partial charge in [0.05, 0.1) is 17.9 Å². The van der Waals surface area contributed by atoms with Crippen molar-refractivity contribution in [3.8, 4) is 11.4 Å². The number of nitrogens with one attached hydrogen (secondary N) is 1. The first-order valence-electron chi connectivity index (χ1n) is 8.30. The molecule has 1 N–H and O–H groups in total. The molecule has 0 spiro atoms. The number of rotatable bonds is 3. The number of hydrogen-bond donors (Lipinski definition) is 1. The van der Waals surface area contributed by atoms with Crippen molar-refractivity contribution in [1.82, 2.24) is 9.97 Å². The van der Waals surface area contributed by atoms with E-state index in [0.717, 1.165) is 31.4 Å². The summed E-state index contributed by atoms with van der Waals surface area (Å²) in [6, 6.07) is 5.56. The fourth-order valence-electron chi connectivity index (χ4n) is 3.27. The number of anilines is 1.